The van der Waals surface area contributed by atoms with Crippen LogP contribution in [0.1, 0.15) is 5.69 Å². The summed E-state index contributed by atoms with van der Waals surface area (Å²) >= 11 is 0. The van der Waals surface area contributed by atoms with Gasteiger partial charge in [-0.3, -0.25) is 4.90 Å². The van der Waals surface area contributed by atoms with Crippen LogP contribution in [0, 0.1) is 6.57 Å². The zero-order valence-corrected chi connectivity index (χ0v) is 13.6. The molecule has 0 saturated carbocycles. The van der Waals surface area contributed by atoms with Crippen LogP contribution < -0.4 is 4.90 Å². The molecule has 0 atom stereocenters. The predicted octanol–water partition coefficient (Wildman–Crippen LogP) is 4.04. The number of hydrogen-bond acceptors (Lipinski definition) is 2. The Kier molecular flexibility index (Phi) is 3.94. The van der Waals surface area contributed by atoms with Gasteiger partial charge < -0.3 is 9.88 Å². The van der Waals surface area contributed by atoms with Crippen LogP contribution in [0.5, 0.6) is 0 Å². The molecule has 4 heteroatoms. The van der Waals surface area contributed by atoms with E-state index in [9.17, 15) is 0 Å². The molecule has 1 saturated heterocycles. The van der Waals surface area contributed by atoms with Crippen LogP contribution >= 0.6 is 0 Å². The maximum Gasteiger partial charge on any atom is 0.187 e. The third-order valence-corrected chi connectivity index (χ3v) is 4.68. The number of anilines is 1. The summed E-state index contributed by atoms with van der Waals surface area (Å²) in [4.78, 5) is 11.9. The molecule has 2 heterocycles. The van der Waals surface area contributed by atoms with Gasteiger partial charge in [0.2, 0.25) is 0 Å². The molecule has 1 aliphatic rings. The van der Waals surface area contributed by atoms with E-state index in [0.29, 0.717) is 5.69 Å². The Hall–Kier alpha value is -2.77. The first-order valence-electron chi connectivity index (χ1n) is 8.33. The average molecular weight is 316 g/mol. The molecule has 1 aliphatic heterocycles. The molecule has 0 unspecified atom stereocenters. The van der Waals surface area contributed by atoms with Crippen molar-refractivity contribution in [1.82, 2.24) is 9.88 Å². The Labute approximate surface area is 142 Å². The van der Waals surface area contributed by atoms with Gasteiger partial charge in [0.05, 0.1) is 6.57 Å². The van der Waals surface area contributed by atoms with Gasteiger partial charge in [0.1, 0.15) is 0 Å². The van der Waals surface area contributed by atoms with E-state index in [0.717, 1.165) is 43.6 Å². The summed E-state index contributed by atoms with van der Waals surface area (Å²) in [5.41, 5.74) is 4.35. The van der Waals surface area contributed by atoms with Crippen molar-refractivity contribution in [2.75, 3.05) is 31.1 Å². The molecule has 0 aliphatic carbocycles. The molecule has 4 nitrogen and oxygen atoms in total. The van der Waals surface area contributed by atoms with E-state index in [4.69, 9.17) is 6.57 Å². The average Bonchev–Trinajstić information content (AvgIpc) is 3.04. The first kappa shape index (κ1) is 14.8. The van der Waals surface area contributed by atoms with Gasteiger partial charge in [0, 0.05) is 49.6 Å². The van der Waals surface area contributed by atoms with Crippen LogP contribution in [0.4, 0.5) is 11.4 Å². The fourth-order valence-corrected chi connectivity index (χ4v) is 3.38. The second kappa shape index (κ2) is 6.38. The normalized spacial score (nSPS) is 15.5. The Morgan fingerprint density at radius 1 is 0.958 bits per heavy atom. The molecule has 4 rings (SSSR count). The lowest BCUT2D eigenvalue weighted by Crippen LogP contribution is -2.46. The van der Waals surface area contributed by atoms with Crippen molar-refractivity contribution in [2.45, 2.75) is 6.54 Å². The predicted molar refractivity (Wildman–Crippen MR) is 98.5 cm³/mol. The number of fused-ring (bicyclic) bond motifs is 1. The largest absolute Gasteiger partial charge is 0.369 e. The fourth-order valence-electron chi connectivity index (χ4n) is 3.38. The Bertz CT molecular complexity index is 868. The Balaban J connectivity index is 1.41. The number of piperazine rings is 1. The van der Waals surface area contributed by atoms with Gasteiger partial charge in [-0.05, 0) is 35.7 Å². The van der Waals surface area contributed by atoms with Crippen LogP contribution in [0.3, 0.4) is 0 Å². The Morgan fingerprint density at radius 2 is 1.75 bits per heavy atom. The number of rotatable bonds is 3. The van der Waals surface area contributed by atoms with E-state index in [-0.39, 0.29) is 0 Å². The maximum atomic E-state index is 7.12. The molecule has 24 heavy (non-hydrogen) atoms. The maximum absolute atomic E-state index is 7.12. The smallest absolute Gasteiger partial charge is 0.187 e. The van der Waals surface area contributed by atoms with Gasteiger partial charge in [-0.15, -0.1) is 0 Å². The number of aromatic amines is 1. The summed E-state index contributed by atoms with van der Waals surface area (Å²) < 4.78 is 0. The molecule has 3 aromatic rings. The molecule has 1 N–H and O–H groups in total. The molecule has 0 radical (unpaired) electrons. The van der Waals surface area contributed by atoms with Crippen molar-refractivity contribution in [3.8, 4) is 0 Å². The molecule has 1 fully saturated rings. The first-order chi connectivity index (χ1) is 11.8. The quantitative estimate of drug-likeness (QED) is 0.738. The number of benzene rings is 2. The lowest BCUT2D eigenvalue weighted by atomic mass is 10.2. The highest BCUT2D eigenvalue weighted by molar-refractivity contribution is 5.84. The van der Waals surface area contributed by atoms with Crippen molar-refractivity contribution in [2.24, 2.45) is 0 Å². The standard InChI is InChI=1S/C20H20N4/c1-21-17-7-8-20-16(13-17)14-18(22-20)15-23-9-11-24(12-10-23)19-5-3-2-4-6-19/h2-8,13-14,22H,9-12,15H2. The minimum Gasteiger partial charge on any atom is -0.369 e. The van der Waals surface area contributed by atoms with E-state index in [1.807, 2.05) is 18.2 Å². The molecule has 1 aromatic heterocycles. The SMILES string of the molecule is [C-]#[N+]c1ccc2[nH]c(CN3CCN(c4ccccc4)CC3)cc2c1. The van der Waals surface area contributed by atoms with Crippen LogP contribution in [0.15, 0.2) is 54.6 Å². The monoisotopic (exact) mass is 316 g/mol. The zero-order chi connectivity index (χ0) is 16.4. The van der Waals surface area contributed by atoms with Crippen LogP contribution in [-0.2, 0) is 6.54 Å². The van der Waals surface area contributed by atoms with Gasteiger partial charge in [0.15, 0.2) is 5.69 Å². The topological polar surface area (TPSA) is 26.6 Å². The first-order valence-corrected chi connectivity index (χ1v) is 8.33. The number of para-hydroxylation sites is 1. The molecular formula is C20H20N4. The molecule has 2 aromatic carbocycles. The van der Waals surface area contributed by atoms with Crippen molar-refractivity contribution in [3.63, 3.8) is 0 Å². The highest BCUT2D eigenvalue weighted by Gasteiger charge is 2.17. The fraction of sp³-hybridized carbons (Fsp3) is 0.250. The van der Waals surface area contributed by atoms with E-state index >= 15 is 0 Å². The van der Waals surface area contributed by atoms with Crippen molar-refractivity contribution >= 4 is 22.3 Å². The van der Waals surface area contributed by atoms with Gasteiger partial charge in [0.25, 0.3) is 0 Å². The van der Waals surface area contributed by atoms with Gasteiger partial charge in [-0.2, -0.15) is 0 Å². The molecule has 0 bridgehead atoms. The van der Waals surface area contributed by atoms with Crippen LogP contribution in [0.25, 0.3) is 15.7 Å². The number of aromatic nitrogens is 1. The van der Waals surface area contributed by atoms with Crippen LogP contribution in [0.2, 0.25) is 0 Å². The third kappa shape index (κ3) is 2.99. The zero-order valence-electron chi connectivity index (χ0n) is 13.6. The number of nitrogens with zero attached hydrogens (tertiary/aromatic N) is 3. The summed E-state index contributed by atoms with van der Waals surface area (Å²) in [6, 6.07) is 18.6. The van der Waals surface area contributed by atoms with E-state index in [1.165, 1.54) is 11.4 Å². The summed E-state index contributed by atoms with van der Waals surface area (Å²) in [5.74, 6) is 0. The molecular weight excluding hydrogens is 296 g/mol. The molecule has 0 amide bonds. The minimum absolute atomic E-state index is 0.699. The summed E-state index contributed by atoms with van der Waals surface area (Å²) in [6.07, 6.45) is 0. The lowest BCUT2D eigenvalue weighted by molar-refractivity contribution is 0.247. The van der Waals surface area contributed by atoms with Crippen molar-refractivity contribution in [3.05, 3.63) is 71.7 Å². The summed E-state index contributed by atoms with van der Waals surface area (Å²) in [7, 11) is 0. The van der Waals surface area contributed by atoms with Crippen LogP contribution in [-0.4, -0.2) is 36.1 Å². The minimum atomic E-state index is 0.699. The number of hydrogen-bond donors (Lipinski definition) is 1. The number of nitrogens with one attached hydrogen (secondary N) is 1. The lowest BCUT2D eigenvalue weighted by Gasteiger charge is -2.35. The second-order valence-corrected chi connectivity index (χ2v) is 6.28. The van der Waals surface area contributed by atoms with Gasteiger partial charge >= 0.3 is 0 Å². The summed E-state index contributed by atoms with van der Waals surface area (Å²) in [6.45, 7) is 12.3. The summed E-state index contributed by atoms with van der Waals surface area (Å²) in [5, 5.41) is 1.13. The van der Waals surface area contributed by atoms with Gasteiger partial charge in [-0.1, -0.05) is 24.3 Å². The molecule has 120 valence electrons. The third-order valence-electron chi connectivity index (χ3n) is 4.68. The second-order valence-electron chi connectivity index (χ2n) is 6.28. The van der Waals surface area contributed by atoms with E-state index in [2.05, 4.69) is 56.0 Å². The van der Waals surface area contributed by atoms with E-state index in [1.54, 1.807) is 0 Å². The van der Waals surface area contributed by atoms with E-state index < -0.39 is 0 Å². The van der Waals surface area contributed by atoms with Crippen molar-refractivity contribution in [1.29, 1.82) is 0 Å². The Morgan fingerprint density at radius 3 is 2.50 bits per heavy atom. The highest BCUT2D eigenvalue weighted by atomic mass is 15.3. The van der Waals surface area contributed by atoms with Crippen molar-refractivity contribution < 1.29 is 0 Å². The highest BCUT2D eigenvalue weighted by Crippen LogP contribution is 2.23. The molecule has 0 spiro atoms. The number of H-pyrrole nitrogens is 1. The van der Waals surface area contributed by atoms with Gasteiger partial charge in [-0.25, -0.2) is 4.85 Å².